The largest absolute Gasteiger partial charge is 0.355 e. The topological polar surface area (TPSA) is 49.4 Å². The third-order valence-corrected chi connectivity index (χ3v) is 8.09. The SMILES string of the molecule is C/C(=C(/c1ccccc1)c1ccc(N2C(=O)c3cccc4c(Nc5ccc(F)cc5)ccc(c34)C2=O)cc1)c1ccccc1. The summed E-state index contributed by atoms with van der Waals surface area (Å²) in [6.07, 6.45) is 0. The first-order chi connectivity index (χ1) is 21.5. The van der Waals surface area contributed by atoms with Crippen molar-refractivity contribution in [1.29, 1.82) is 0 Å². The molecule has 0 aromatic heterocycles. The summed E-state index contributed by atoms with van der Waals surface area (Å²) in [5, 5.41) is 4.65. The van der Waals surface area contributed by atoms with Crippen LogP contribution >= 0.6 is 0 Å². The standard InChI is InChI=1S/C39H27FN2O2/c1-25(26-9-4-2-5-10-26)36(27-11-6-3-7-12-27)28-15-21-31(22-16-28)42-38(43)33-14-8-13-32-35(24-23-34(37(32)33)39(42)44)41-30-19-17-29(40)18-20-30/h2-24,41H,1H3/b36-25+. The van der Waals surface area contributed by atoms with Crippen LogP contribution in [0, 0.1) is 5.82 Å². The Hall–Kier alpha value is -5.81. The summed E-state index contributed by atoms with van der Waals surface area (Å²) in [6.45, 7) is 2.11. The quantitative estimate of drug-likeness (QED) is 0.159. The van der Waals surface area contributed by atoms with Crippen molar-refractivity contribution >= 4 is 50.8 Å². The van der Waals surface area contributed by atoms with Crippen LogP contribution in [0.15, 0.2) is 140 Å². The smallest absolute Gasteiger partial charge is 0.265 e. The zero-order valence-electron chi connectivity index (χ0n) is 23.9. The Morgan fingerprint density at radius 2 is 1.18 bits per heavy atom. The van der Waals surface area contributed by atoms with Gasteiger partial charge in [-0.2, -0.15) is 0 Å². The highest BCUT2D eigenvalue weighted by Gasteiger charge is 2.34. The van der Waals surface area contributed by atoms with Gasteiger partial charge in [-0.3, -0.25) is 9.59 Å². The van der Waals surface area contributed by atoms with E-state index in [-0.39, 0.29) is 17.6 Å². The van der Waals surface area contributed by atoms with Crippen molar-refractivity contribution in [1.82, 2.24) is 0 Å². The molecule has 0 saturated carbocycles. The highest BCUT2D eigenvalue weighted by atomic mass is 19.1. The van der Waals surface area contributed by atoms with E-state index in [2.05, 4.69) is 36.5 Å². The van der Waals surface area contributed by atoms with Crippen molar-refractivity contribution in [3.63, 3.8) is 0 Å². The van der Waals surface area contributed by atoms with Crippen LogP contribution in [-0.2, 0) is 0 Å². The molecule has 0 atom stereocenters. The van der Waals surface area contributed by atoms with Crippen LogP contribution in [0.25, 0.3) is 21.9 Å². The summed E-state index contributed by atoms with van der Waals surface area (Å²) >= 11 is 0. The summed E-state index contributed by atoms with van der Waals surface area (Å²) in [6, 6.07) is 43.1. The van der Waals surface area contributed by atoms with Gasteiger partial charge in [-0.25, -0.2) is 9.29 Å². The van der Waals surface area contributed by atoms with Crippen molar-refractivity contribution in [2.75, 3.05) is 10.2 Å². The molecule has 0 unspecified atom stereocenters. The minimum Gasteiger partial charge on any atom is -0.355 e. The molecule has 0 radical (unpaired) electrons. The first-order valence-corrected chi connectivity index (χ1v) is 14.4. The van der Waals surface area contributed by atoms with Crippen molar-refractivity contribution in [2.24, 2.45) is 0 Å². The minimum atomic E-state index is -0.376. The number of anilines is 3. The molecule has 1 N–H and O–H groups in total. The molecule has 0 fully saturated rings. The van der Waals surface area contributed by atoms with E-state index in [1.165, 1.54) is 17.0 Å². The van der Waals surface area contributed by atoms with Gasteiger partial charge in [0.1, 0.15) is 5.82 Å². The number of rotatable bonds is 6. The van der Waals surface area contributed by atoms with Gasteiger partial charge in [0.25, 0.3) is 11.8 Å². The Labute approximate surface area is 254 Å². The predicted octanol–water partition coefficient (Wildman–Crippen LogP) is 9.50. The van der Waals surface area contributed by atoms with E-state index in [1.54, 1.807) is 24.3 Å². The number of amides is 2. The molecule has 1 aliphatic heterocycles. The van der Waals surface area contributed by atoms with Gasteiger partial charge in [-0.05, 0) is 89.4 Å². The van der Waals surface area contributed by atoms with E-state index in [0.717, 1.165) is 38.9 Å². The zero-order chi connectivity index (χ0) is 30.2. The fraction of sp³-hybridized carbons (Fsp3) is 0.0256. The molecule has 6 aromatic carbocycles. The van der Waals surface area contributed by atoms with E-state index >= 15 is 0 Å². The van der Waals surface area contributed by atoms with Crippen LogP contribution in [-0.4, -0.2) is 11.8 Å². The van der Waals surface area contributed by atoms with E-state index in [0.29, 0.717) is 27.9 Å². The van der Waals surface area contributed by atoms with Gasteiger partial charge < -0.3 is 5.32 Å². The number of hydrogen-bond acceptors (Lipinski definition) is 3. The maximum atomic E-state index is 13.9. The van der Waals surface area contributed by atoms with Crippen LogP contribution in [0.3, 0.4) is 0 Å². The Kier molecular flexibility index (Phi) is 6.83. The molecule has 5 heteroatoms. The summed E-state index contributed by atoms with van der Waals surface area (Å²) in [4.78, 5) is 29.0. The summed E-state index contributed by atoms with van der Waals surface area (Å²) in [5.41, 5.74) is 8.23. The molecule has 7 rings (SSSR count). The number of allylic oxidation sites excluding steroid dienone is 1. The first kappa shape index (κ1) is 27.0. The van der Waals surface area contributed by atoms with Crippen molar-refractivity contribution in [2.45, 2.75) is 6.92 Å². The van der Waals surface area contributed by atoms with Crippen LogP contribution in [0.5, 0.6) is 0 Å². The molecule has 1 heterocycles. The fourth-order valence-electron chi connectivity index (χ4n) is 5.94. The summed E-state index contributed by atoms with van der Waals surface area (Å²) < 4.78 is 13.4. The van der Waals surface area contributed by atoms with E-state index in [4.69, 9.17) is 0 Å². The molecule has 0 aliphatic carbocycles. The zero-order valence-corrected chi connectivity index (χ0v) is 23.9. The number of benzene rings is 6. The van der Waals surface area contributed by atoms with Gasteiger partial charge in [-0.15, -0.1) is 0 Å². The average molecular weight is 575 g/mol. The van der Waals surface area contributed by atoms with E-state index in [9.17, 15) is 14.0 Å². The molecule has 0 spiro atoms. The van der Waals surface area contributed by atoms with Gasteiger partial charge in [0.2, 0.25) is 0 Å². The average Bonchev–Trinajstić information content (AvgIpc) is 3.07. The molecule has 2 amide bonds. The lowest BCUT2D eigenvalue weighted by Gasteiger charge is -2.28. The molecular weight excluding hydrogens is 547 g/mol. The van der Waals surface area contributed by atoms with Crippen molar-refractivity contribution in [3.8, 4) is 0 Å². The lowest BCUT2D eigenvalue weighted by Crippen LogP contribution is -2.40. The van der Waals surface area contributed by atoms with Crippen molar-refractivity contribution < 1.29 is 14.0 Å². The van der Waals surface area contributed by atoms with Gasteiger partial charge in [0, 0.05) is 33.3 Å². The molecule has 1 aliphatic rings. The maximum absolute atomic E-state index is 13.9. The molecule has 0 bridgehead atoms. The summed E-state index contributed by atoms with van der Waals surface area (Å²) in [5.74, 6) is -1.08. The molecular formula is C39H27FN2O2. The third kappa shape index (κ3) is 4.74. The lowest BCUT2D eigenvalue weighted by atomic mass is 9.90. The van der Waals surface area contributed by atoms with Crippen LogP contribution in [0.2, 0.25) is 0 Å². The van der Waals surface area contributed by atoms with Gasteiger partial charge >= 0.3 is 0 Å². The van der Waals surface area contributed by atoms with Gasteiger partial charge in [0.15, 0.2) is 0 Å². The Balaban J connectivity index is 1.26. The van der Waals surface area contributed by atoms with Crippen LogP contribution in [0.4, 0.5) is 21.5 Å². The minimum absolute atomic E-state index is 0.324. The lowest BCUT2D eigenvalue weighted by molar-refractivity contribution is 0.0893. The predicted molar refractivity (Wildman–Crippen MR) is 176 cm³/mol. The number of nitrogens with one attached hydrogen (secondary N) is 1. The van der Waals surface area contributed by atoms with E-state index < -0.39 is 0 Å². The highest BCUT2D eigenvalue weighted by Crippen LogP contribution is 2.38. The van der Waals surface area contributed by atoms with E-state index in [1.807, 2.05) is 78.9 Å². The molecule has 4 nitrogen and oxygen atoms in total. The Morgan fingerprint density at radius 1 is 0.591 bits per heavy atom. The first-order valence-electron chi connectivity index (χ1n) is 14.4. The number of carbonyl (C=O) groups is 2. The highest BCUT2D eigenvalue weighted by molar-refractivity contribution is 6.36. The number of halogens is 1. The van der Waals surface area contributed by atoms with Crippen LogP contribution in [0.1, 0.15) is 44.3 Å². The second kappa shape index (κ2) is 11.1. The molecule has 212 valence electrons. The molecule has 44 heavy (non-hydrogen) atoms. The molecule has 0 saturated heterocycles. The number of nitrogens with zero attached hydrogens (tertiary/aromatic N) is 1. The monoisotopic (exact) mass is 574 g/mol. The number of hydrogen-bond donors (Lipinski definition) is 1. The third-order valence-electron chi connectivity index (χ3n) is 8.09. The fourth-order valence-corrected chi connectivity index (χ4v) is 5.94. The normalized spacial score (nSPS) is 13.2. The Bertz CT molecular complexity index is 2050. The maximum Gasteiger partial charge on any atom is 0.265 e. The molecule has 6 aromatic rings. The second-order valence-corrected chi connectivity index (χ2v) is 10.7. The second-order valence-electron chi connectivity index (χ2n) is 10.7. The van der Waals surface area contributed by atoms with Crippen LogP contribution < -0.4 is 10.2 Å². The Morgan fingerprint density at radius 3 is 1.84 bits per heavy atom. The summed E-state index contributed by atoms with van der Waals surface area (Å²) in [7, 11) is 0. The van der Waals surface area contributed by atoms with Crippen molar-refractivity contribution in [3.05, 3.63) is 173 Å². The number of imide groups is 1. The van der Waals surface area contributed by atoms with Gasteiger partial charge in [0.05, 0.1) is 5.69 Å². The number of carbonyl (C=O) groups excluding carboxylic acids is 2. The van der Waals surface area contributed by atoms with Gasteiger partial charge in [-0.1, -0.05) is 84.9 Å².